The lowest BCUT2D eigenvalue weighted by atomic mass is 10.1. The van der Waals surface area contributed by atoms with E-state index in [4.69, 9.17) is 27.9 Å². The minimum Gasteiger partial charge on any atom is -0.496 e. The van der Waals surface area contributed by atoms with Gasteiger partial charge in [-0.15, -0.1) is 11.8 Å². The van der Waals surface area contributed by atoms with Crippen molar-refractivity contribution in [2.75, 3.05) is 18.2 Å². The molecule has 3 nitrogen and oxygen atoms in total. The molecule has 6 heteroatoms. The summed E-state index contributed by atoms with van der Waals surface area (Å²) in [7, 11) is 1.65. The maximum Gasteiger partial charge on any atom is 0.234 e. The molecular weight excluding hydrogens is 353 g/mol. The molecule has 0 aliphatic heterocycles. The molecule has 0 fully saturated rings. The van der Waals surface area contributed by atoms with Crippen molar-refractivity contribution in [1.82, 2.24) is 0 Å². The van der Waals surface area contributed by atoms with Gasteiger partial charge in [0, 0.05) is 11.3 Å². The second-order valence-corrected chi connectivity index (χ2v) is 6.73. The van der Waals surface area contributed by atoms with Crippen LogP contribution in [0.5, 0.6) is 5.75 Å². The van der Waals surface area contributed by atoms with E-state index < -0.39 is 0 Å². The maximum absolute atomic E-state index is 12.0. The minimum absolute atomic E-state index is 0.120. The third-order valence-electron chi connectivity index (χ3n) is 3.15. The molecule has 1 N–H and O–H groups in total. The van der Waals surface area contributed by atoms with Crippen molar-refractivity contribution in [3.8, 4) is 5.75 Å². The summed E-state index contributed by atoms with van der Waals surface area (Å²) in [5, 5.41) is 3.54. The SMILES string of the molecule is COc1ccc(C)cc1CSCC(=O)Nc1cccc(Cl)c1Cl. The summed E-state index contributed by atoms with van der Waals surface area (Å²) in [5.41, 5.74) is 2.76. The van der Waals surface area contributed by atoms with Crippen LogP contribution in [0.1, 0.15) is 11.1 Å². The predicted octanol–water partition coefficient (Wildman–Crippen LogP) is 5.18. The zero-order valence-corrected chi connectivity index (χ0v) is 15.2. The second kappa shape index (κ2) is 8.48. The van der Waals surface area contributed by atoms with E-state index in [-0.39, 0.29) is 5.91 Å². The van der Waals surface area contributed by atoms with Gasteiger partial charge in [0.2, 0.25) is 5.91 Å². The normalized spacial score (nSPS) is 10.4. The van der Waals surface area contributed by atoms with Crippen LogP contribution in [0.15, 0.2) is 36.4 Å². The first kappa shape index (κ1) is 18.0. The molecule has 2 aromatic rings. The standard InChI is InChI=1S/C17H17Cl2NO2S/c1-11-6-7-15(22-2)12(8-11)9-23-10-16(21)20-14-5-3-4-13(18)17(14)19/h3-8H,9-10H2,1-2H3,(H,20,21). The minimum atomic E-state index is -0.120. The summed E-state index contributed by atoms with van der Waals surface area (Å²) in [6.45, 7) is 2.03. The van der Waals surface area contributed by atoms with Gasteiger partial charge in [0.1, 0.15) is 5.75 Å². The molecule has 0 bridgehead atoms. The van der Waals surface area contributed by atoms with Gasteiger partial charge in [0.05, 0.1) is 28.6 Å². The molecule has 0 spiro atoms. The van der Waals surface area contributed by atoms with Crippen molar-refractivity contribution in [3.63, 3.8) is 0 Å². The summed E-state index contributed by atoms with van der Waals surface area (Å²) in [5.74, 6) is 1.73. The number of aryl methyl sites for hydroxylation is 1. The Kier molecular flexibility index (Phi) is 6.63. The van der Waals surface area contributed by atoms with Gasteiger partial charge in [-0.25, -0.2) is 0 Å². The van der Waals surface area contributed by atoms with E-state index in [2.05, 4.69) is 11.4 Å². The van der Waals surface area contributed by atoms with Gasteiger partial charge < -0.3 is 10.1 Å². The molecule has 0 aliphatic rings. The van der Waals surface area contributed by atoms with Crippen LogP contribution < -0.4 is 10.1 Å². The van der Waals surface area contributed by atoms with E-state index in [0.717, 1.165) is 16.9 Å². The second-order valence-electron chi connectivity index (χ2n) is 4.96. The fourth-order valence-corrected chi connectivity index (χ4v) is 3.21. The van der Waals surface area contributed by atoms with Gasteiger partial charge in [0.15, 0.2) is 0 Å². The number of rotatable bonds is 6. The third-order valence-corrected chi connectivity index (χ3v) is 4.95. The van der Waals surface area contributed by atoms with Crippen LogP contribution in [-0.4, -0.2) is 18.8 Å². The fourth-order valence-electron chi connectivity index (χ4n) is 2.06. The van der Waals surface area contributed by atoms with E-state index in [1.807, 2.05) is 19.1 Å². The highest BCUT2D eigenvalue weighted by Crippen LogP contribution is 2.30. The van der Waals surface area contributed by atoms with E-state index >= 15 is 0 Å². The lowest BCUT2D eigenvalue weighted by Crippen LogP contribution is -2.14. The van der Waals surface area contributed by atoms with Gasteiger partial charge in [-0.2, -0.15) is 0 Å². The number of methoxy groups -OCH3 is 1. The topological polar surface area (TPSA) is 38.3 Å². The summed E-state index contributed by atoms with van der Waals surface area (Å²) >= 11 is 13.5. The molecule has 0 radical (unpaired) electrons. The number of anilines is 1. The zero-order chi connectivity index (χ0) is 16.8. The fraction of sp³-hybridized carbons (Fsp3) is 0.235. The average Bonchev–Trinajstić information content (AvgIpc) is 2.52. The molecule has 23 heavy (non-hydrogen) atoms. The van der Waals surface area contributed by atoms with Crippen molar-refractivity contribution in [1.29, 1.82) is 0 Å². The number of hydrogen-bond acceptors (Lipinski definition) is 3. The lowest BCUT2D eigenvalue weighted by molar-refractivity contribution is -0.113. The number of carbonyl (C=O) groups excluding carboxylic acids is 1. The number of amides is 1. The Labute approximate surface area is 150 Å². The van der Waals surface area contributed by atoms with Crippen LogP contribution in [0.4, 0.5) is 5.69 Å². The van der Waals surface area contributed by atoms with Crippen LogP contribution in [0, 0.1) is 6.92 Å². The summed E-state index contributed by atoms with van der Waals surface area (Å²) in [4.78, 5) is 12.0. The quantitative estimate of drug-likeness (QED) is 0.761. The Morgan fingerprint density at radius 3 is 2.78 bits per heavy atom. The molecule has 0 heterocycles. The van der Waals surface area contributed by atoms with Crippen LogP contribution in [0.2, 0.25) is 10.0 Å². The van der Waals surface area contributed by atoms with Gasteiger partial charge in [0.25, 0.3) is 0 Å². The summed E-state index contributed by atoms with van der Waals surface area (Å²) < 4.78 is 5.34. The number of benzene rings is 2. The first-order chi connectivity index (χ1) is 11.0. The highest BCUT2D eigenvalue weighted by molar-refractivity contribution is 7.99. The first-order valence-electron chi connectivity index (χ1n) is 6.96. The van der Waals surface area contributed by atoms with Crippen molar-refractivity contribution in [2.24, 2.45) is 0 Å². The Bertz CT molecular complexity index is 707. The Hall–Kier alpha value is -1.36. The Balaban J connectivity index is 1.90. The van der Waals surface area contributed by atoms with E-state index in [0.29, 0.717) is 27.2 Å². The average molecular weight is 370 g/mol. The van der Waals surface area contributed by atoms with Gasteiger partial charge in [-0.3, -0.25) is 4.79 Å². The van der Waals surface area contributed by atoms with Crippen molar-refractivity contribution in [2.45, 2.75) is 12.7 Å². The zero-order valence-electron chi connectivity index (χ0n) is 12.9. The molecule has 122 valence electrons. The van der Waals surface area contributed by atoms with Crippen LogP contribution in [-0.2, 0) is 10.5 Å². The Morgan fingerprint density at radius 2 is 2.04 bits per heavy atom. The number of carbonyl (C=O) groups is 1. The van der Waals surface area contributed by atoms with Crippen molar-refractivity contribution in [3.05, 3.63) is 57.6 Å². The number of ether oxygens (including phenoxy) is 1. The molecular formula is C17H17Cl2NO2S. The van der Waals surface area contributed by atoms with Crippen molar-refractivity contribution < 1.29 is 9.53 Å². The molecule has 2 aromatic carbocycles. The summed E-state index contributed by atoms with van der Waals surface area (Å²) in [6.07, 6.45) is 0. The lowest BCUT2D eigenvalue weighted by Gasteiger charge is -2.10. The first-order valence-corrected chi connectivity index (χ1v) is 8.87. The number of thioether (sulfide) groups is 1. The number of halogens is 2. The number of nitrogens with one attached hydrogen (secondary N) is 1. The Morgan fingerprint density at radius 1 is 1.26 bits per heavy atom. The smallest absolute Gasteiger partial charge is 0.234 e. The van der Waals surface area contributed by atoms with E-state index in [1.54, 1.807) is 25.3 Å². The van der Waals surface area contributed by atoms with Gasteiger partial charge in [-0.05, 0) is 25.1 Å². The van der Waals surface area contributed by atoms with Gasteiger partial charge in [-0.1, -0.05) is 47.0 Å². The van der Waals surface area contributed by atoms with Crippen LogP contribution in [0.3, 0.4) is 0 Å². The molecule has 0 atom stereocenters. The van der Waals surface area contributed by atoms with Crippen molar-refractivity contribution >= 4 is 46.6 Å². The third kappa shape index (κ3) is 5.06. The predicted molar refractivity (Wildman–Crippen MR) is 99.0 cm³/mol. The van der Waals surface area contributed by atoms with E-state index in [9.17, 15) is 4.79 Å². The molecule has 1 amide bonds. The van der Waals surface area contributed by atoms with Crippen LogP contribution >= 0.6 is 35.0 Å². The largest absolute Gasteiger partial charge is 0.496 e. The molecule has 0 saturated carbocycles. The van der Waals surface area contributed by atoms with E-state index in [1.165, 1.54) is 11.8 Å². The maximum atomic E-state index is 12.0. The molecule has 0 aromatic heterocycles. The molecule has 0 aliphatic carbocycles. The molecule has 0 unspecified atom stereocenters. The highest BCUT2D eigenvalue weighted by atomic mass is 35.5. The van der Waals surface area contributed by atoms with Crippen LogP contribution in [0.25, 0.3) is 0 Å². The number of hydrogen-bond donors (Lipinski definition) is 1. The molecule has 2 rings (SSSR count). The summed E-state index contributed by atoms with van der Waals surface area (Å²) in [6, 6.07) is 11.2. The molecule has 0 saturated heterocycles. The monoisotopic (exact) mass is 369 g/mol. The van der Waals surface area contributed by atoms with Gasteiger partial charge >= 0.3 is 0 Å². The highest BCUT2D eigenvalue weighted by Gasteiger charge is 2.09.